The van der Waals surface area contributed by atoms with Crippen LogP contribution in [0, 0.1) is 26.0 Å². The second-order valence-corrected chi connectivity index (χ2v) is 8.82. The number of hydrogen-bond donors (Lipinski definition) is 0. The summed E-state index contributed by atoms with van der Waals surface area (Å²) in [6, 6.07) is 32.7. The molecule has 2 aromatic carbocycles. The Kier molecular flexibility index (Phi) is 7.59. The summed E-state index contributed by atoms with van der Waals surface area (Å²) in [6.07, 6.45) is 3.81. The van der Waals surface area contributed by atoms with E-state index in [1.54, 1.807) is 11.3 Å². The summed E-state index contributed by atoms with van der Waals surface area (Å²) in [5, 5.41) is 2.52. The Morgan fingerprint density at radius 1 is 0.706 bits per heavy atom. The molecular formula is C29H21IrN3S-2. The molecule has 0 aliphatic carbocycles. The molecule has 0 unspecified atom stereocenters. The van der Waals surface area contributed by atoms with Crippen LogP contribution in [0.25, 0.3) is 42.8 Å². The molecule has 0 bridgehead atoms. The number of aryl methyl sites for hydroxylation is 2. The summed E-state index contributed by atoms with van der Waals surface area (Å²) in [5.41, 5.74) is 5.87. The fraction of sp³-hybridized carbons (Fsp3) is 0.0690. The quantitative estimate of drug-likeness (QED) is 0.185. The Morgan fingerprint density at radius 2 is 1.53 bits per heavy atom. The zero-order valence-electron chi connectivity index (χ0n) is 18.7. The Morgan fingerprint density at radius 3 is 2.29 bits per heavy atom. The Balaban J connectivity index is 0.000000171. The van der Waals surface area contributed by atoms with Gasteiger partial charge in [-0.05, 0) is 59.0 Å². The van der Waals surface area contributed by atoms with Gasteiger partial charge in [-0.3, -0.25) is 4.98 Å². The summed E-state index contributed by atoms with van der Waals surface area (Å²) in [6.45, 7) is 4.02. The van der Waals surface area contributed by atoms with Gasteiger partial charge in [-0.2, -0.15) is 12.1 Å². The predicted octanol–water partition coefficient (Wildman–Crippen LogP) is 7.47. The molecule has 0 spiro atoms. The van der Waals surface area contributed by atoms with Gasteiger partial charge in [0.25, 0.3) is 0 Å². The molecule has 6 aromatic rings. The molecule has 0 atom stereocenters. The molecule has 0 saturated heterocycles. The maximum absolute atomic E-state index is 4.53. The molecule has 3 nitrogen and oxygen atoms in total. The average Bonchev–Trinajstić information content (AvgIpc) is 3.23. The fourth-order valence-electron chi connectivity index (χ4n) is 3.56. The number of nitrogens with zero attached hydrogens (tertiary/aromatic N) is 3. The first kappa shape index (κ1) is 23.9. The van der Waals surface area contributed by atoms with Crippen LogP contribution in [0.2, 0.25) is 0 Å². The normalized spacial score (nSPS) is 10.4. The van der Waals surface area contributed by atoms with Gasteiger partial charge in [0.2, 0.25) is 0 Å². The number of rotatable bonds is 2. The van der Waals surface area contributed by atoms with Gasteiger partial charge >= 0.3 is 0 Å². The number of aromatic nitrogens is 3. The van der Waals surface area contributed by atoms with Crippen LogP contribution in [0.4, 0.5) is 0 Å². The van der Waals surface area contributed by atoms with E-state index in [2.05, 4.69) is 63.5 Å². The van der Waals surface area contributed by atoms with Crippen molar-refractivity contribution in [2.45, 2.75) is 13.8 Å². The largest absolute Gasteiger partial charge is 0.317 e. The molecule has 4 aromatic heterocycles. The topological polar surface area (TPSA) is 38.7 Å². The Labute approximate surface area is 216 Å². The van der Waals surface area contributed by atoms with Crippen LogP contribution >= 0.6 is 11.3 Å². The third kappa shape index (κ3) is 5.28. The van der Waals surface area contributed by atoms with Crippen LogP contribution in [0.5, 0.6) is 0 Å². The van der Waals surface area contributed by atoms with E-state index >= 15 is 0 Å². The van der Waals surface area contributed by atoms with Crippen molar-refractivity contribution in [1.29, 1.82) is 0 Å². The number of thiophene rings is 1. The molecule has 6 rings (SSSR count). The molecule has 0 saturated carbocycles. The predicted molar refractivity (Wildman–Crippen MR) is 137 cm³/mol. The average molecular weight is 636 g/mol. The van der Waals surface area contributed by atoms with Crippen LogP contribution in [0.15, 0.2) is 91.3 Å². The molecule has 0 aliphatic rings. The van der Waals surface area contributed by atoms with Gasteiger partial charge in [-0.15, -0.1) is 53.3 Å². The molecule has 5 heteroatoms. The maximum atomic E-state index is 4.53. The molecule has 4 heterocycles. The van der Waals surface area contributed by atoms with Crippen molar-refractivity contribution in [2.24, 2.45) is 0 Å². The van der Waals surface area contributed by atoms with Gasteiger partial charge < -0.3 is 9.97 Å². The van der Waals surface area contributed by atoms with Gasteiger partial charge in [0.15, 0.2) is 0 Å². The van der Waals surface area contributed by atoms with E-state index in [0.717, 1.165) is 28.3 Å². The summed E-state index contributed by atoms with van der Waals surface area (Å²) >= 11 is 1.78. The van der Waals surface area contributed by atoms with Crippen molar-refractivity contribution >= 4 is 31.5 Å². The third-order valence-corrected chi connectivity index (χ3v) is 6.36. The second kappa shape index (κ2) is 10.8. The minimum atomic E-state index is 0. The first-order valence-corrected chi connectivity index (χ1v) is 11.5. The van der Waals surface area contributed by atoms with Gasteiger partial charge in [0.1, 0.15) is 0 Å². The van der Waals surface area contributed by atoms with E-state index in [4.69, 9.17) is 0 Å². The van der Waals surface area contributed by atoms with E-state index in [1.165, 1.54) is 25.7 Å². The van der Waals surface area contributed by atoms with Crippen LogP contribution in [-0.4, -0.2) is 15.0 Å². The molecule has 0 aliphatic heterocycles. The van der Waals surface area contributed by atoms with Gasteiger partial charge in [-0.1, -0.05) is 36.4 Å². The zero-order chi connectivity index (χ0) is 22.6. The molecular weight excluding hydrogens is 615 g/mol. The first-order valence-electron chi connectivity index (χ1n) is 10.7. The van der Waals surface area contributed by atoms with Crippen molar-refractivity contribution in [3.05, 3.63) is 115 Å². The van der Waals surface area contributed by atoms with Crippen molar-refractivity contribution in [1.82, 2.24) is 15.0 Å². The Bertz CT molecular complexity index is 1530. The summed E-state index contributed by atoms with van der Waals surface area (Å²) in [7, 11) is 0. The molecule has 0 fully saturated rings. The van der Waals surface area contributed by atoms with Crippen LogP contribution < -0.4 is 0 Å². The van der Waals surface area contributed by atoms with Gasteiger partial charge in [-0.25, -0.2) is 0 Å². The number of benzene rings is 2. The zero-order valence-corrected chi connectivity index (χ0v) is 22.0. The fourth-order valence-corrected chi connectivity index (χ4v) is 4.61. The van der Waals surface area contributed by atoms with E-state index in [0.29, 0.717) is 0 Å². The van der Waals surface area contributed by atoms with E-state index in [1.807, 2.05) is 68.7 Å². The SMILES string of the molecule is Cc1cc[c-]c(-c2cc3c(cn2)sc2ccccc23)n1.Cc1ccc(-c2[c-]cccc2)nc1.[Ir]. The van der Waals surface area contributed by atoms with Gasteiger partial charge in [0, 0.05) is 37.2 Å². The van der Waals surface area contributed by atoms with E-state index in [-0.39, 0.29) is 20.1 Å². The molecule has 169 valence electrons. The van der Waals surface area contributed by atoms with Crippen molar-refractivity contribution < 1.29 is 20.1 Å². The maximum Gasteiger partial charge on any atom is 0.0515 e. The van der Waals surface area contributed by atoms with Crippen LogP contribution in [0.3, 0.4) is 0 Å². The Hall–Kier alpha value is -3.24. The third-order valence-electron chi connectivity index (χ3n) is 5.24. The smallest absolute Gasteiger partial charge is 0.0515 e. The second-order valence-electron chi connectivity index (χ2n) is 7.74. The van der Waals surface area contributed by atoms with E-state index < -0.39 is 0 Å². The van der Waals surface area contributed by atoms with Gasteiger partial charge in [0.05, 0.1) is 4.70 Å². The molecule has 0 N–H and O–H groups in total. The summed E-state index contributed by atoms with van der Waals surface area (Å²) < 4.78 is 2.50. The molecule has 34 heavy (non-hydrogen) atoms. The van der Waals surface area contributed by atoms with Crippen LogP contribution in [-0.2, 0) is 20.1 Å². The number of pyridine rings is 3. The van der Waals surface area contributed by atoms with Crippen LogP contribution in [0.1, 0.15) is 11.3 Å². The standard InChI is InChI=1S/C17H11N2S.C12H10N.Ir/c1-11-5-4-7-14(19-11)15-9-13-12-6-2-3-8-16(12)20-17(13)10-18-15;1-10-7-8-12(13-9-10)11-5-3-2-4-6-11;/h2-6,8-10H,1H3;2-5,7-9H,1H3;/q2*-1;. The number of fused-ring (bicyclic) bond motifs is 3. The van der Waals surface area contributed by atoms with Crippen molar-refractivity contribution in [2.75, 3.05) is 0 Å². The monoisotopic (exact) mass is 636 g/mol. The first-order chi connectivity index (χ1) is 16.2. The summed E-state index contributed by atoms with van der Waals surface area (Å²) in [4.78, 5) is 13.3. The molecule has 1 radical (unpaired) electrons. The van der Waals surface area contributed by atoms with E-state index in [9.17, 15) is 0 Å². The minimum absolute atomic E-state index is 0. The molecule has 0 amide bonds. The summed E-state index contributed by atoms with van der Waals surface area (Å²) in [5.74, 6) is 0. The van der Waals surface area contributed by atoms with Crippen molar-refractivity contribution in [3.8, 4) is 22.6 Å². The minimum Gasteiger partial charge on any atom is -0.317 e. The van der Waals surface area contributed by atoms with Crippen molar-refractivity contribution in [3.63, 3.8) is 0 Å². The number of hydrogen-bond acceptors (Lipinski definition) is 4.